The van der Waals surface area contributed by atoms with Gasteiger partial charge in [0.05, 0.1) is 17.1 Å². The first kappa shape index (κ1) is 16.4. The van der Waals surface area contributed by atoms with E-state index in [2.05, 4.69) is 20.2 Å². The number of amides is 1. The molecule has 0 unspecified atom stereocenters. The third-order valence-electron chi connectivity index (χ3n) is 4.66. The van der Waals surface area contributed by atoms with Gasteiger partial charge in [0.1, 0.15) is 0 Å². The molecule has 0 bridgehead atoms. The van der Waals surface area contributed by atoms with Crippen LogP contribution in [0.5, 0.6) is 0 Å². The predicted octanol–water partition coefficient (Wildman–Crippen LogP) is 3.56. The Labute approximate surface area is 143 Å². The molecule has 0 saturated carbocycles. The maximum Gasteiger partial charge on any atom is 0.255 e. The molecule has 0 aliphatic carbocycles. The van der Waals surface area contributed by atoms with E-state index in [0.29, 0.717) is 11.3 Å². The van der Waals surface area contributed by atoms with E-state index in [1.165, 1.54) is 18.4 Å². The Bertz CT molecular complexity index is 756. The van der Waals surface area contributed by atoms with E-state index >= 15 is 0 Å². The number of anilines is 2. The number of nitrogens with zero attached hydrogens (tertiary/aromatic N) is 3. The van der Waals surface area contributed by atoms with Crippen LogP contribution >= 0.6 is 0 Å². The second-order valence-corrected chi connectivity index (χ2v) is 6.52. The summed E-state index contributed by atoms with van der Waals surface area (Å²) in [5.41, 5.74) is 5.26. The van der Waals surface area contributed by atoms with Gasteiger partial charge in [0, 0.05) is 18.7 Å². The van der Waals surface area contributed by atoms with E-state index < -0.39 is 0 Å². The summed E-state index contributed by atoms with van der Waals surface area (Å²) in [4.78, 5) is 23.9. The number of hydrogen-bond acceptors (Lipinski definition) is 4. The lowest BCUT2D eigenvalue weighted by molar-refractivity contribution is 0.102. The topological polar surface area (TPSA) is 58.1 Å². The van der Waals surface area contributed by atoms with Gasteiger partial charge in [-0.2, -0.15) is 0 Å². The van der Waals surface area contributed by atoms with Crippen LogP contribution in [0, 0.1) is 27.7 Å². The minimum Gasteiger partial charge on any atom is -0.341 e. The average Bonchev–Trinajstić information content (AvgIpc) is 3.07. The maximum atomic E-state index is 12.5. The summed E-state index contributed by atoms with van der Waals surface area (Å²) >= 11 is 0. The van der Waals surface area contributed by atoms with Gasteiger partial charge in [0.15, 0.2) is 0 Å². The number of aryl methyl sites for hydroxylation is 4. The van der Waals surface area contributed by atoms with Crippen LogP contribution in [0.3, 0.4) is 0 Å². The molecule has 5 heteroatoms. The number of aromatic nitrogens is 2. The molecule has 1 aliphatic heterocycles. The van der Waals surface area contributed by atoms with Crippen molar-refractivity contribution in [3.8, 4) is 0 Å². The smallest absolute Gasteiger partial charge is 0.255 e. The van der Waals surface area contributed by atoms with E-state index in [4.69, 9.17) is 0 Å². The van der Waals surface area contributed by atoms with E-state index in [-0.39, 0.29) is 5.91 Å². The van der Waals surface area contributed by atoms with Crippen molar-refractivity contribution in [2.45, 2.75) is 40.5 Å². The van der Waals surface area contributed by atoms with E-state index in [1.807, 2.05) is 45.9 Å². The monoisotopic (exact) mass is 324 g/mol. The van der Waals surface area contributed by atoms with Gasteiger partial charge in [0.25, 0.3) is 5.91 Å². The highest BCUT2D eigenvalue weighted by Crippen LogP contribution is 2.23. The van der Waals surface area contributed by atoms with Crippen LogP contribution < -0.4 is 10.2 Å². The predicted molar refractivity (Wildman–Crippen MR) is 96.8 cm³/mol. The molecule has 1 aromatic carbocycles. The first-order chi connectivity index (χ1) is 11.5. The van der Waals surface area contributed by atoms with Crippen molar-refractivity contribution < 1.29 is 4.79 Å². The summed E-state index contributed by atoms with van der Waals surface area (Å²) < 4.78 is 0. The minimum absolute atomic E-state index is 0.123. The van der Waals surface area contributed by atoms with Gasteiger partial charge >= 0.3 is 0 Å². The number of nitrogens with one attached hydrogen (secondary N) is 1. The Morgan fingerprint density at radius 1 is 1.00 bits per heavy atom. The first-order valence-electron chi connectivity index (χ1n) is 8.44. The summed E-state index contributed by atoms with van der Waals surface area (Å²) in [6.07, 6.45) is 2.37. The quantitative estimate of drug-likeness (QED) is 0.938. The number of carbonyl (C=O) groups excluding carboxylic acids is 1. The maximum absolute atomic E-state index is 12.5. The summed E-state index contributed by atoms with van der Waals surface area (Å²) in [5.74, 6) is 0.647. The van der Waals surface area contributed by atoms with E-state index in [0.717, 1.165) is 36.0 Å². The van der Waals surface area contributed by atoms with Crippen molar-refractivity contribution in [3.63, 3.8) is 0 Å². The van der Waals surface area contributed by atoms with Gasteiger partial charge in [-0.15, -0.1) is 0 Å². The number of rotatable bonds is 3. The zero-order chi connectivity index (χ0) is 17.3. The molecule has 0 radical (unpaired) electrons. The first-order valence-corrected chi connectivity index (χ1v) is 8.44. The summed E-state index contributed by atoms with van der Waals surface area (Å²) in [5, 5.41) is 2.98. The molecule has 1 fully saturated rings. The standard InChI is InChI=1S/C19H24N4O/c1-12-7-8-16(11-13(12)2)18(24)22-17-14(3)20-19(21-15(17)4)23-9-5-6-10-23/h7-8,11H,5-6,9-10H2,1-4H3,(H,22,24). The van der Waals surface area contributed by atoms with Crippen LogP contribution in [-0.4, -0.2) is 29.0 Å². The Balaban J connectivity index is 1.83. The number of carbonyl (C=O) groups is 1. The van der Waals surface area contributed by atoms with Crippen molar-refractivity contribution in [3.05, 3.63) is 46.3 Å². The zero-order valence-electron chi connectivity index (χ0n) is 14.8. The fraction of sp³-hybridized carbons (Fsp3) is 0.421. The van der Waals surface area contributed by atoms with Crippen molar-refractivity contribution >= 4 is 17.5 Å². The molecule has 24 heavy (non-hydrogen) atoms. The Morgan fingerprint density at radius 3 is 2.21 bits per heavy atom. The molecule has 0 spiro atoms. The van der Waals surface area contributed by atoms with Gasteiger partial charge in [-0.25, -0.2) is 9.97 Å². The molecule has 1 aromatic heterocycles. The van der Waals surface area contributed by atoms with E-state index in [9.17, 15) is 4.79 Å². The second-order valence-electron chi connectivity index (χ2n) is 6.52. The van der Waals surface area contributed by atoms with Gasteiger partial charge in [-0.1, -0.05) is 6.07 Å². The van der Waals surface area contributed by atoms with Crippen LogP contribution in [0.1, 0.15) is 45.7 Å². The van der Waals surface area contributed by atoms with Crippen molar-refractivity contribution in [1.29, 1.82) is 0 Å². The van der Waals surface area contributed by atoms with Crippen LogP contribution in [0.15, 0.2) is 18.2 Å². The minimum atomic E-state index is -0.123. The fourth-order valence-electron chi connectivity index (χ4n) is 3.01. The molecule has 5 nitrogen and oxygen atoms in total. The highest BCUT2D eigenvalue weighted by molar-refractivity contribution is 6.05. The third-order valence-corrected chi connectivity index (χ3v) is 4.66. The molecular formula is C19H24N4O. The summed E-state index contributed by atoms with van der Waals surface area (Å²) in [7, 11) is 0. The largest absolute Gasteiger partial charge is 0.341 e. The summed E-state index contributed by atoms with van der Waals surface area (Å²) in [6.45, 7) is 9.90. The normalized spacial score (nSPS) is 14.1. The van der Waals surface area contributed by atoms with Crippen molar-refractivity contribution in [2.24, 2.45) is 0 Å². The van der Waals surface area contributed by atoms with Gasteiger partial charge in [-0.05, 0) is 63.8 Å². The lowest BCUT2D eigenvalue weighted by Crippen LogP contribution is -2.22. The Hall–Kier alpha value is -2.43. The fourth-order valence-corrected chi connectivity index (χ4v) is 3.01. The Kier molecular flexibility index (Phi) is 4.51. The van der Waals surface area contributed by atoms with Crippen LogP contribution in [-0.2, 0) is 0 Å². The molecular weight excluding hydrogens is 300 g/mol. The molecule has 126 valence electrons. The van der Waals surface area contributed by atoms with Gasteiger partial charge in [-0.3, -0.25) is 4.79 Å². The molecule has 2 aromatic rings. The lowest BCUT2D eigenvalue weighted by atomic mass is 10.1. The lowest BCUT2D eigenvalue weighted by Gasteiger charge is -2.18. The van der Waals surface area contributed by atoms with Crippen molar-refractivity contribution in [1.82, 2.24) is 9.97 Å². The Morgan fingerprint density at radius 2 is 1.62 bits per heavy atom. The molecule has 1 N–H and O–H groups in total. The third kappa shape index (κ3) is 3.25. The highest BCUT2D eigenvalue weighted by atomic mass is 16.1. The van der Waals surface area contributed by atoms with Crippen LogP contribution in [0.25, 0.3) is 0 Å². The van der Waals surface area contributed by atoms with Crippen molar-refractivity contribution in [2.75, 3.05) is 23.3 Å². The number of hydrogen-bond donors (Lipinski definition) is 1. The molecule has 1 saturated heterocycles. The summed E-state index contributed by atoms with van der Waals surface area (Å²) in [6, 6.07) is 5.73. The average molecular weight is 324 g/mol. The van der Waals surface area contributed by atoms with Gasteiger partial charge in [0.2, 0.25) is 5.95 Å². The molecule has 0 atom stereocenters. The molecule has 1 amide bonds. The van der Waals surface area contributed by atoms with Crippen LogP contribution in [0.4, 0.5) is 11.6 Å². The van der Waals surface area contributed by atoms with Gasteiger partial charge < -0.3 is 10.2 Å². The second kappa shape index (κ2) is 6.59. The molecule has 3 rings (SSSR count). The highest BCUT2D eigenvalue weighted by Gasteiger charge is 2.18. The van der Waals surface area contributed by atoms with Crippen LogP contribution in [0.2, 0.25) is 0 Å². The van der Waals surface area contributed by atoms with E-state index in [1.54, 1.807) is 0 Å². The molecule has 2 heterocycles. The zero-order valence-corrected chi connectivity index (χ0v) is 14.8. The molecule has 1 aliphatic rings. The number of benzene rings is 1. The SMILES string of the molecule is Cc1ccc(C(=O)Nc2c(C)nc(N3CCCC3)nc2C)cc1C.